The molecule has 84 valence electrons. The summed E-state index contributed by atoms with van der Waals surface area (Å²) in [4.78, 5) is 0. The molecule has 0 aliphatic rings. The number of phenolic OH excluding ortho intramolecular Hbond substituents is 1. The number of nitrogens with zero attached hydrogens (tertiary/aromatic N) is 1. The van der Waals surface area contributed by atoms with Gasteiger partial charge in [-0.3, -0.25) is 5.10 Å². The largest absolute Gasteiger partial charge is 0.507 e. The summed E-state index contributed by atoms with van der Waals surface area (Å²) in [5, 5.41) is 17.1. The van der Waals surface area contributed by atoms with Gasteiger partial charge < -0.3 is 10.8 Å². The van der Waals surface area contributed by atoms with Crippen molar-refractivity contribution in [3.05, 3.63) is 28.9 Å². The number of aromatic nitrogens is 2. The summed E-state index contributed by atoms with van der Waals surface area (Å²) in [5.41, 5.74) is 7.77. The lowest BCUT2D eigenvalue weighted by Crippen LogP contribution is -1.90. The average Bonchev–Trinajstić information content (AvgIpc) is 2.67. The highest BCUT2D eigenvalue weighted by Gasteiger charge is 2.13. The molecule has 1 aromatic heterocycles. The number of nitrogens with one attached hydrogen (secondary N) is 1. The van der Waals surface area contributed by atoms with Crippen LogP contribution in [0.3, 0.4) is 0 Å². The fourth-order valence-corrected chi connectivity index (χ4v) is 1.88. The van der Waals surface area contributed by atoms with Crippen LogP contribution < -0.4 is 5.73 Å². The highest BCUT2D eigenvalue weighted by Crippen LogP contribution is 2.37. The number of aromatic hydroxyl groups is 1. The zero-order valence-corrected chi connectivity index (χ0v) is 9.54. The van der Waals surface area contributed by atoms with Crippen molar-refractivity contribution in [1.29, 1.82) is 0 Å². The lowest BCUT2D eigenvalue weighted by atomic mass is 10.0. The predicted octanol–water partition coefficient (Wildman–Crippen LogP) is 2.58. The molecular formula is C11H12ClN3O. The lowest BCUT2D eigenvalue weighted by molar-refractivity contribution is 0.471. The second-order valence-electron chi connectivity index (χ2n) is 3.51. The van der Waals surface area contributed by atoms with E-state index in [-0.39, 0.29) is 5.75 Å². The van der Waals surface area contributed by atoms with E-state index in [0.717, 1.165) is 5.56 Å². The van der Waals surface area contributed by atoms with E-state index in [0.29, 0.717) is 28.4 Å². The van der Waals surface area contributed by atoms with Crippen molar-refractivity contribution in [1.82, 2.24) is 10.2 Å². The Hall–Kier alpha value is -1.68. The first-order valence-electron chi connectivity index (χ1n) is 4.94. The Bertz CT molecular complexity index is 522. The molecule has 0 bridgehead atoms. The average molecular weight is 238 g/mol. The fourth-order valence-electron chi connectivity index (χ4n) is 1.64. The first kappa shape index (κ1) is 10.8. The number of rotatable bonds is 2. The Labute approximate surface area is 98.1 Å². The number of aryl methyl sites for hydroxylation is 1. The van der Waals surface area contributed by atoms with E-state index in [9.17, 15) is 5.11 Å². The van der Waals surface area contributed by atoms with Gasteiger partial charge in [-0.2, -0.15) is 5.10 Å². The van der Waals surface area contributed by atoms with Crippen LogP contribution in [0.1, 0.15) is 12.5 Å². The van der Waals surface area contributed by atoms with E-state index in [1.165, 1.54) is 0 Å². The molecule has 0 spiro atoms. The molecule has 16 heavy (non-hydrogen) atoms. The van der Waals surface area contributed by atoms with Crippen LogP contribution in [0.25, 0.3) is 11.1 Å². The number of halogens is 1. The number of aromatic amines is 1. The normalized spacial score (nSPS) is 10.6. The molecule has 4 nitrogen and oxygen atoms in total. The number of nitrogens with two attached hydrogens (primary N) is 1. The third kappa shape index (κ3) is 1.72. The molecule has 0 aliphatic heterocycles. The van der Waals surface area contributed by atoms with Crippen LogP contribution in [0.15, 0.2) is 18.3 Å². The summed E-state index contributed by atoms with van der Waals surface area (Å²) in [6.45, 7) is 1.95. The second kappa shape index (κ2) is 4.06. The zero-order valence-electron chi connectivity index (χ0n) is 8.79. The van der Waals surface area contributed by atoms with Gasteiger partial charge in [0.1, 0.15) is 11.6 Å². The standard InChI is InChI=1S/C11H12ClN3O/c1-2-6-3-7(12)4-8(10(6)16)9-5-14-15-11(9)13/h3-5,16H,2H2,1H3,(H3,13,14,15). The molecule has 2 rings (SSSR count). The zero-order chi connectivity index (χ0) is 11.7. The molecule has 0 fully saturated rings. The molecule has 1 heterocycles. The minimum atomic E-state index is 0.208. The van der Waals surface area contributed by atoms with Crippen LogP contribution in [0.4, 0.5) is 5.82 Å². The van der Waals surface area contributed by atoms with E-state index < -0.39 is 0 Å². The topological polar surface area (TPSA) is 74.9 Å². The maximum Gasteiger partial charge on any atom is 0.126 e. The number of anilines is 1. The van der Waals surface area contributed by atoms with Gasteiger partial charge in [0, 0.05) is 16.1 Å². The Kier molecular flexibility index (Phi) is 2.75. The van der Waals surface area contributed by atoms with Crippen molar-refractivity contribution in [3.8, 4) is 16.9 Å². The van der Waals surface area contributed by atoms with Crippen LogP contribution >= 0.6 is 11.6 Å². The molecule has 0 saturated heterocycles. The Balaban J connectivity index is 2.65. The second-order valence-corrected chi connectivity index (χ2v) is 3.95. The third-order valence-corrected chi connectivity index (χ3v) is 2.71. The highest BCUT2D eigenvalue weighted by atomic mass is 35.5. The lowest BCUT2D eigenvalue weighted by Gasteiger charge is -2.08. The van der Waals surface area contributed by atoms with Gasteiger partial charge in [-0.05, 0) is 24.1 Å². The van der Waals surface area contributed by atoms with Gasteiger partial charge >= 0.3 is 0 Å². The molecule has 4 N–H and O–H groups in total. The van der Waals surface area contributed by atoms with Gasteiger partial charge in [-0.1, -0.05) is 18.5 Å². The summed E-state index contributed by atoms with van der Waals surface area (Å²) in [6, 6.07) is 3.42. The summed E-state index contributed by atoms with van der Waals surface area (Å²) in [5.74, 6) is 0.625. The van der Waals surface area contributed by atoms with Crippen LogP contribution in [0.2, 0.25) is 5.02 Å². The van der Waals surface area contributed by atoms with E-state index >= 15 is 0 Å². The first-order chi connectivity index (χ1) is 7.63. The fraction of sp³-hybridized carbons (Fsp3) is 0.182. The van der Waals surface area contributed by atoms with Gasteiger partial charge in [0.15, 0.2) is 0 Å². The van der Waals surface area contributed by atoms with Gasteiger partial charge in [0.25, 0.3) is 0 Å². The SMILES string of the molecule is CCc1cc(Cl)cc(-c2cn[nH]c2N)c1O. The van der Waals surface area contributed by atoms with Crippen molar-refractivity contribution in [3.63, 3.8) is 0 Å². The Morgan fingerprint density at radius 3 is 2.75 bits per heavy atom. The van der Waals surface area contributed by atoms with Crippen LogP contribution in [0, 0.1) is 0 Å². The monoisotopic (exact) mass is 237 g/mol. The number of H-pyrrole nitrogens is 1. The number of hydrogen-bond acceptors (Lipinski definition) is 3. The van der Waals surface area contributed by atoms with E-state index in [1.54, 1.807) is 18.3 Å². The number of benzene rings is 1. The highest BCUT2D eigenvalue weighted by molar-refractivity contribution is 6.31. The smallest absolute Gasteiger partial charge is 0.126 e. The summed E-state index contributed by atoms with van der Waals surface area (Å²) in [6.07, 6.45) is 2.28. The van der Waals surface area contributed by atoms with Crippen molar-refractivity contribution in [2.75, 3.05) is 5.73 Å². The maximum atomic E-state index is 10.1. The van der Waals surface area contributed by atoms with E-state index in [1.807, 2.05) is 6.92 Å². The van der Waals surface area contributed by atoms with Crippen molar-refractivity contribution >= 4 is 17.4 Å². The molecular weight excluding hydrogens is 226 g/mol. The molecule has 5 heteroatoms. The van der Waals surface area contributed by atoms with Gasteiger partial charge in [-0.15, -0.1) is 0 Å². The number of hydrogen-bond donors (Lipinski definition) is 3. The Morgan fingerprint density at radius 2 is 2.19 bits per heavy atom. The van der Waals surface area contributed by atoms with Crippen molar-refractivity contribution in [2.45, 2.75) is 13.3 Å². The molecule has 0 saturated carbocycles. The summed E-state index contributed by atoms with van der Waals surface area (Å²) < 4.78 is 0. The first-order valence-corrected chi connectivity index (χ1v) is 5.32. The van der Waals surface area contributed by atoms with Crippen LogP contribution in [0.5, 0.6) is 5.75 Å². The van der Waals surface area contributed by atoms with E-state index in [2.05, 4.69) is 10.2 Å². The van der Waals surface area contributed by atoms with E-state index in [4.69, 9.17) is 17.3 Å². The molecule has 0 atom stereocenters. The quantitative estimate of drug-likeness (QED) is 0.752. The van der Waals surface area contributed by atoms with Gasteiger partial charge in [0.05, 0.1) is 6.20 Å². The number of phenols is 1. The third-order valence-electron chi connectivity index (χ3n) is 2.49. The summed E-state index contributed by atoms with van der Waals surface area (Å²) >= 11 is 5.99. The maximum absolute atomic E-state index is 10.1. The number of nitrogen functional groups attached to an aromatic ring is 1. The minimum Gasteiger partial charge on any atom is -0.507 e. The van der Waals surface area contributed by atoms with Gasteiger partial charge in [0.2, 0.25) is 0 Å². The molecule has 0 unspecified atom stereocenters. The molecule has 0 aliphatic carbocycles. The molecule has 1 aromatic carbocycles. The Morgan fingerprint density at radius 1 is 1.44 bits per heavy atom. The molecule has 0 radical (unpaired) electrons. The molecule has 2 aromatic rings. The molecule has 0 amide bonds. The van der Waals surface area contributed by atoms with Gasteiger partial charge in [-0.25, -0.2) is 0 Å². The minimum absolute atomic E-state index is 0.208. The van der Waals surface area contributed by atoms with Crippen LogP contribution in [-0.4, -0.2) is 15.3 Å². The van der Waals surface area contributed by atoms with Crippen molar-refractivity contribution in [2.24, 2.45) is 0 Å². The predicted molar refractivity (Wildman–Crippen MR) is 64.5 cm³/mol. The van der Waals surface area contributed by atoms with Crippen LogP contribution in [-0.2, 0) is 6.42 Å². The van der Waals surface area contributed by atoms with Crippen molar-refractivity contribution < 1.29 is 5.11 Å². The summed E-state index contributed by atoms with van der Waals surface area (Å²) in [7, 11) is 0.